The minimum atomic E-state index is -0.675. The highest BCUT2D eigenvalue weighted by Gasteiger charge is 2.18. The van der Waals surface area contributed by atoms with Crippen molar-refractivity contribution in [3.63, 3.8) is 0 Å². The fourth-order valence-electron chi connectivity index (χ4n) is 3.52. The van der Waals surface area contributed by atoms with Crippen LogP contribution in [0.2, 0.25) is 10.0 Å². The van der Waals surface area contributed by atoms with Crippen LogP contribution in [-0.2, 0) is 6.54 Å². The Bertz CT molecular complexity index is 1490. The van der Waals surface area contributed by atoms with Gasteiger partial charge in [-0.2, -0.15) is 0 Å². The number of halogens is 2. The number of H-pyrrole nitrogens is 1. The summed E-state index contributed by atoms with van der Waals surface area (Å²) in [5, 5.41) is 3.54. The van der Waals surface area contributed by atoms with Crippen LogP contribution < -0.4 is 25.8 Å². The summed E-state index contributed by atoms with van der Waals surface area (Å²) in [4.78, 5) is 40.8. The summed E-state index contributed by atoms with van der Waals surface area (Å²) in [6, 6.07) is 12.7. The molecule has 182 valence electrons. The maximum Gasteiger partial charge on any atom is 0.261 e. The SMILES string of the molecule is COc1cc(NC(=O)c2cn(Cc3c(Cl)cccc3Cl)c3ccc(=O)[nH]c3c2=O)cc(OC)c1.O. The predicted octanol–water partition coefficient (Wildman–Crippen LogP) is 3.49. The van der Waals surface area contributed by atoms with Crippen molar-refractivity contribution in [1.29, 1.82) is 0 Å². The third kappa shape index (κ3) is 5.32. The number of rotatable bonds is 6. The smallest absolute Gasteiger partial charge is 0.261 e. The molecule has 0 radical (unpaired) electrons. The van der Waals surface area contributed by atoms with E-state index in [1.54, 1.807) is 41.0 Å². The van der Waals surface area contributed by atoms with Gasteiger partial charge in [0.1, 0.15) is 22.6 Å². The topological polar surface area (TPSA) is 134 Å². The largest absolute Gasteiger partial charge is 0.497 e. The van der Waals surface area contributed by atoms with Gasteiger partial charge in [-0.1, -0.05) is 29.3 Å². The molecule has 2 aromatic carbocycles. The second-order valence-electron chi connectivity index (χ2n) is 7.34. The van der Waals surface area contributed by atoms with Crippen molar-refractivity contribution in [1.82, 2.24) is 9.55 Å². The van der Waals surface area contributed by atoms with Crippen molar-refractivity contribution >= 4 is 45.8 Å². The minimum Gasteiger partial charge on any atom is -0.497 e. The number of hydrogen-bond acceptors (Lipinski definition) is 5. The molecule has 11 heteroatoms. The number of methoxy groups -OCH3 is 2. The number of ether oxygens (including phenoxy) is 2. The van der Waals surface area contributed by atoms with Crippen LogP contribution in [-0.4, -0.2) is 35.2 Å². The molecule has 4 rings (SSSR count). The summed E-state index contributed by atoms with van der Waals surface area (Å²) >= 11 is 12.7. The number of aromatic amines is 1. The van der Waals surface area contributed by atoms with Crippen LogP contribution in [0.3, 0.4) is 0 Å². The second kappa shape index (κ2) is 10.6. The fourth-order valence-corrected chi connectivity index (χ4v) is 4.04. The van der Waals surface area contributed by atoms with Gasteiger partial charge in [0.05, 0.1) is 26.3 Å². The lowest BCUT2D eigenvalue weighted by Crippen LogP contribution is -2.26. The molecule has 0 saturated carbocycles. The molecule has 0 spiro atoms. The molecular formula is C24H21Cl2N3O6. The highest BCUT2D eigenvalue weighted by Crippen LogP contribution is 2.27. The molecule has 4 aromatic rings. The van der Waals surface area contributed by atoms with Crippen molar-refractivity contribution in [2.45, 2.75) is 6.54 Å². The molecule has 2 heterocycles. The third-order valence-corrected chi connectivity index (χ3v) is 5.92. The van der Waals surface area contributed by atoms with E-state index in [1.165, 1.54) is 32.5 Å². The minimum absolute atomic E-state index is 0. The predicted molar refractivity (Wildman–Crippen MR) is 136 cm³/mol. The zero-order valence-corrected chi connectivity index (χ0v) is 20.2. The summed E-state index contributed by atoms with van der Waals surface area (Å²) in [5.41, 5.74) is 0.100. The fraction of sp³-hybridized carbons (Fsp3) is 0.125. The van der Waals surface area contributed by atoms with E-state index in [4.69, 9.17) is 32.7 Å². The number of hydrogen-bond donors (Lipinski definition) is 2. The molecule has 0 saturated heterocycles. The van der Waals surface area contributed by atoms with Gasteiger partial charge < -0.3 is 29.8 Å². The second-order valence-corrected chi connectivity index (χ2v) is 8.15. The average Bonchev–Trinajstić information content (AvgIpc) is 2.82. The lowest BCUT2D eigenvalue weighted by atomic mass is 10.1. The average molecular weight is 518 g/mol. The number of pyridine rings is 2. The molecule has 35 heavy (non-hydrogen) atoms. The van der Waals surface area contributed by atoms with E-state index < -0.39 is 16.9 Å². The zero-order chi connectivity index (χ0) is 24.4. The lowest BCUT2D eigenvalue weighted by Gasteiger charge is -2.15. The van der Waals surface area contributed by atoms with Gasteiger partial charge in [0, 0.05) is 51.8 Å². The highest BCUT2D eigenvalue weighted by molar-refractivity contribution is 6.36. The molecule has 2 aromatic heterocycles. The molecule has 0 unspecified atom stereocenters. The summed E-state index contributed by atoms with van der Waals surface area (Å²) in [7, 11) is 2.97. The monoisotopic (exact) mass is 517 g/mol. The lowest BCUT2D eigenvalue weighted by molar-refractivity contribution is 0.102. The van der Waals surface area contributed by atoms with Gasteiger partial charge in [-0.05, 0) is 18.2 Å². The van der Waals surface area contributed by atoms with Crippen molar-refractivity contribution in [2.24, 2.45) is 0 Å². The first-order valence-electron chi connectivity index (χ1n) is 10.0. The molecule has 4 N–H and O–H groups in total. The van der Waals surface area contributed by atoms with Gasteiger partial charge >= 0.3 is 0 Å². The molecule has 0 atom stereocenters. The standard InChI is InChI=1S/C24H19Cl2N3O5.H2O/c1-33-14-8-13(9-15(10-14)34-2)27-24(32)17-12-29(11-16-18(25)4-3-5-19(16)26)20-6-7-21(30)28-22(20)23(17)31;/h3-10,12H,11H2,1-2H3,(H,27,32)(H,28,30);1H2. The van der Waals surface area contributed by atoms with Crippen LogP contribution >= 0.6 is 23.2 Å². The quantitative estimate of drug-likeness (QED) is 0.403. The Morgan fingerprint density at radius 3 is 2.23 bits per heavy atom. The number of fused-ring (bicyclic) bond motifs is 1. The van der Waals surface area contributed by atoms with E-state index in [2.05, 4.69) is 10.3 Å². The summed E-state index contributed by atoms with van der Waals surface area (Å²) < 4.78 is 12.1. The van der Waals surface area contributed by atoms with E-state index in [9.17, 15) is 14.4 Å². The molecule has 0 fully saturated rings. The Hall–Kier alpha value is -3.79. The summed E-state index contributed by atoms with van der Waals surface area (Å²) in [5.74, 6) is 0.248. The highest BCUT2D eigenvalue weighted by atomic mass is 35.5. The van der Waals surface area contributed by atoms with E-state index in [0.29, 0.717) is 38.3 Å². The first-order valence-corrected chi connectivity index (χ1v) is 10.8. The van der Waals surface area contributed by atoms with Crippen molar-refractivity contribution < 1.29 is 19.7 Å². The zero-order valence-electron chi connectivity index (χ0n) is 18.6. The molecule has 0 aliphatic heterocycles. The number of nitrogens with one attached hydrogen (secondary N) is 2. The first kappa shape index (κ1) is 25.8. The number of carbonyl (C=O) groups is 1. The Morgan fingerprint density at radius 1 is 1.00 bits per heavy atom. The van der Waals surface area contributed by atoms with Crippen molar-refractivity contribution in [3.8, 4) is 11.5 Å². The van der Waals surface area contributed by atoms with E-state index >= 15 is 0 Å². The molecule has 0 aliphatic rings. The van der Waals surface area contributed by atoms with Crippen molar-refractivity contribution in [2.75, 3.05) is 19.5 Å². The maximum absolute atomic E-state index is 13.2. The number of nitrogens with zero attached hydrogens (tertiary/aromatic N) is 1. The number of amides is 1. The molecule has 0 bridgehead atoms. The van der Waals surface area contributed by atoms with Crippen LogP contribution in [0.25, 0.3) is 11.0 Å². The molecular weight excluding hydrogens is 497 g/mol. The summed E-state index contributed by atoms with van der Waals surface area (Å²) in [6.07, 6.45) is 1.41. The van der Waals surface area contributed by atoms with Gasteiger partial charge in [-0.3, -0.25) is 14.4 Å². The van der Waals surface area contributed by atoms with Crippen molar-refractivity contribution in [3.05, 3.63) is 96.5 Å². The Kier molecular flexibility index (Phi) is 7.85. The van der Waals surface area contributed by atoms with Gasteiger partial charge in [0.2, 0.25) is 11.0 Å². The Morgan fingerprint density at radius 2 is 1.63 bits per heavy atom. The Labute approximate surface area is 209 Å². The van der Waals surface area contributed by atoms with Gasteiger partial charge in [-0.15, -0.1) is 0 Å². The van der Waals surface area contributed by atoms with Crippen LogP contribution in [0.5, 0.6) is 11.5 Å². The number of anilines is 1. The van der Waals surface area contributed by atoms with Gasteiger partial charge in [-0.25, -0.2) is 0 Å². The van der Waals surface area contributed by atoms with E-state index in [0.717, 1.165) is 0 Å². The number of carbonyl (C=O) groups excluding carboxylic acids is 1. The Balaban J connectivity index is 0.00000342. The van der Waals surface area contributed by atoms with Crippen LogP contribution in [0.4, 0.5) is 5.69 Å². The van der Waals surface area contributed by atoms with Crippen LogP contribution in [0.1, 0.15) is 15.9 Å². The van der Waals surface area contributed by atoms with Gasteiger partial charge in [0.25, 0.3) is 5.91 Å². The van der Waals surface area contributed by atoms with Crippen LogP contribution in [0.15, 0.2) is 64.3 Å². The first-order chi connectivity index (χ1) is 16.3. The number of aromatic nitrogens is 2. The summed E-state index contributed by atoms with van der Waals surface area (Å²) in [6.45, 7) is 0.161. The van der Waals surface area contributed by atoms with Gasteiger partial charge in [0.15, 0.2) is 0 Å². The molecule has 1 amide bonds. The number of benzene rings is 2. The normalized spacial score (nSPS) is 10.5. The maximum atomic E-state index is 13.2. The molecule has 9 nitrogen and oxygen atoms in total. The molecule has 0 aliphatic carbocycles. The van der Waals surface area contributed by atoms with Crippen LogP contribution in [0, 0.1) is 0 Å². The van der Waals surface area contributed by atoms with E-state index in [-0.39, 0.29) is 23.1 Å². The third-order valence-electron chi connectivity index (χ3n) is 5.21. The van der Waals surface area contributed by atoms with E-state index in [1.807, 2.05) is 0 Å².